The minimum Gasteiger partial charge on any atom is -0.492 e. The first-order chi connectivity index (χ1) is 16.1. The first-order valence-electron chi connectivity index (χ1n) is 12.8. The summed E-state index contributed by atoms with van der Waals surface area (Å²) in [6.07, 6.45) is 11.2. The van der Waals surface area contributed by atoms with Gasteiger partial charge in [0.05, 0.1) is 12.8 Å². The zero-order chi connectivity index (χ0) is 22.8. The molecule has 0 N–H and O–H groups in total. The molecule has 0 unspecified atom stereocenters. The molecule has 0 radical (unpaired) electrons. The SMILES string of the molecule is CCCCOc1ccc(C(=O)N(C)[C@@H]2Cc3ccc(CN4CC5CCC4CC5)cc3C2)nc1. The van der Waals surface area contributed by atoms with E-state index in [-0.39, 0.29) is 11.9 Å². The highest BCUT2D eigenvalue weighted by Crippen LogP contribution is 2.36. The summed E-state index contributed by atoms with van der Waals surface area (Å²) in [5.41, 5.74) is 4.71. The van der Waals surface area contributed by atoms with Crippen LogP contribution in [0, 0.1) is 5.92 Å². The predicted octanol–water partition coefficient (Wildman–Crippen LogP) is 4.87. The number of ether oxygens (including phenoxy) is 1. The molecule has 1 aromatic carbocycles. The third-order valence-electron chi connectivity index (χ3n) is 7.98. The molecule has 2 aromatic rings. The lowest BCUT2D eigenvalue weighted by Gasteiger charge is -2.45. The molecule has 5 heteroatoms. The minimum absolute atomic E-state index is 0.0162. The quantitative estimate of drug-likeness (QED) is 0.542. The second-order valence-corrected chi connectivity index (χ2v) is 10.3. The van der Waals surface area contributed by atoms with Gasteiger partial charge in [0, 0.05) is 32.2 Å². The number of nitrogens with zero attached hydrogens (tertiary/aromatic N) is 3. The molecule has 33 heavy (non-hydrogen) atoms. The van der Waals surface area contributed by atoms with Crippen molar-refractivity contribution >= 4 is 5.91 Å². The van der Waals surface area contributed by atoms with E-state index in [0.29, 0.717) is 12.3 Å². The van der Waals surface area contributed by atoms with E-state index >= 15 is 0 Å². The van der Waals surface area contributed by atoms with Crippen LogP contribution >= 0.6 is 0 Å². The number of unbranched alkanes of at least 4 members (excludes halogenated alkanes) is 1. The van der Waals surface area contributed by atoms with Crippen LogP contribution in [0.4, 0.5) is 0 Å². The number of carbonyl (C=O) groups excluding carboxylic acids is 1. The van der Waals surface area contributed by atoms with Gasteiger partial charge in [-0.05, 0) is 79.7 Å². The normalized spacial score (nSPS) is 24.0. The van der Waals surface area contributed by atoms with Crippen molar-refractivity contribution in [3.8, 4) is 5.75 Å². The molecule has 1 atom stereocenters. The van der Waals surface area contributed by atoms with Crippen LogP contribution in [-0.2, 0) is 19.4 Å². The maximum absolute atomic E-state index is 13.1. The third-order valence-corrected chi connectivity index (χ3v) is 7.98. The summed E-state index contributed by atoms with van der Waals surface area (Å²) in [5.74, 6) is 1.63. The van der Waals surface area contributed by atoms with Gasteiger partial charge in [0.15, 0.2) is 0 Å². The van der Waals surface area contributed by atoms with Gasteiger partial charge >= 0.3 is 0 Å². The number of benzene rings is 1. The monoisotopic (exact) mass is 447 g/mol. The summed E-state index contributed by atoms with van der Waals surface area (Å²) in [5, 5.41) is 0. The number of fused-ring (bicyclic) bond motifs is 4. The van der Waals surface area contributed by atoms with Gasteiger partial charge in [0.1, 0.15) is 11.4 Å². The molecule has 176 valence electrons. The fourth-order valence-electron chi connectivity index (χ4n) is 5.90. The van der Waals surface area contributed by atoms with E-state index in [2.05, 4.69) is 35.0 Å². The van der Waals surface area contributed by atoms with E-state index in [9.17, 15) is 4.79 Å². The van der Waals surface area contributed by atoms with Gasteiger partial charge in [-0.3, -0.25) is 9.69 Å². The summed E-state index contributed by atoms with van der Waals surface area (Å²) >= 11 is 0. The predicted molar refractivity (Wildman–Crippen MR) is 131 cm³/mol. The first kappa shape index (κ1) is 22.4. The number of carbonyl (C=O) groups is 1. The van der Waals surface area contributed by atoms with E-state index < -0.39 is 0 Å². The topological polar surface area (TPSA) is 45.7 Å². The molecule has 1 aromatic heterocycles. The summed E-state index contributed by atoms with van der Waals surface area (Å²) in [6.45, 7) is 5.17. The average molecular weight is 448 g/mol. The molecule has 6 rings (SSSR count). The largest absolute Gasteiger partial charge is 0.492 e. The molecule has 0 spiro atoms. The number of likely N-dealkylation sites (N-methyl/N-ethyl adjacent to an activating group) is 1. The Balaban J connectivity index is 1.19. The Kier molecular flexibility index (Phi) is 6.68. The number of hydrogen-bond donors (Lipinski definition) is 0. The fraction of sp³-hybridized carbons (Fsp3) is 0.571. The van der Waals surface area contributed by atoms with Crippen LogP contribution in [0.3, 0.4) is 0 Å². The van der Waals surface area contributed by atoms with Crippen molar-refractivity contribution in [2.75, 3.05) is 20.2 Å². The minimum atomic E-state index is -0.0162. The van der Waals surface area contributed by atoms with Gasteiger partial charge in [-0.15, -0.1) is 0 Å². The number of piperidine rings is 2. The van der Waals surface area contributed by atoms with Gasteiger partial charge < -0.3 is 9.64 Å². The maximum Gasteiger partial charge on any atom is 0.272 e. The summed E-state index contributed by atoms with van der Waals surface area (Å²) in [6, 6.07) is 11.6. The van der Waals surface area contributed by atoms with E-state index in [1.54, 1.807) is 12.3 Å². The molecule has 2 aliphatic carbocycles. The van der Waals surface area contributed by atoms with Crippen molar-refractivity contribution in [3.63, 3.8) is 0 Å². The molecule has 1 saturated carbocycles. The molecule has 1 amide bonds. The van der Waals surface area contributed by atoms with Gasteiger partial charge in [-0.2, -0.15) is 0 Å². The Morgan fingerprint density at radius 3 is 2.64 bits per heavy atom. The Labute approximate surface area is 198 Å². The Morgan fingerprint density at radius 1 is 1.12 bits per heavy atom. The zero-order valence-corrected chi connectivity index (χ0v) is 20.1. The molecular formula is C28H37N3O2. The maximum atomic E-state index is 13.1. The Bertz CT molecular complexity index is 966. The highest BCUT2D eigenvalue weighted by Gasteiger charge is 2.34. The van der Waals surface area contributed by atoms with Crippen LogP contribution in [-0.4, -0.2) is 53.0 Å². The lowest BCUT2D eigenvalue weighted by Crippen LogP contribution is -2.47. The zero-order valence-electron chi connectivity index (χ0n) is 20.1. The fourth-order valence-corrected chi connectivity index (χ4v) is 5.90. The lowest BCUT2D eigenvalue weighted by molar-refractivity contribution is 0.0426. The van der Waals surface area contributed by atoms with Crippen molar-refractivity contribution in [1.29, 1.82) is 0 Å². The van der Waals surface area contributed by atoms with Crippen molar-refractivity contribution < 1.29 is 9.53 Å². The molecule has 2 saturated heterocycles. The molecule has 4 aliphatic rings. The Hall–Kier alpha value is -2.40. The lowest BCUT2D eigenvalue weighted by atomic mass is 9.80. The molecule has 3 heterocycles. The Morgan fingerprint density at radius 2 is 1.94 bits per heavy atom. The molecule has 2 bridgehead atoms. The summed E-state index contributed by atoms with van der Waals surface area (Å²) in [4.78, 5) is 22.0. The first-order valence-corrected chi connectivity index (χ1v) is 12.8. The summed E-state index contributed by atoms with van der Waals surface area (Å²) in [7, 11) is 1.91. The smallest absolute Gasteiger partial charge is 0.272 e. The van der Waals surface area contributed by atoms with Gasteiger partial charge in [-0.1, -0.05) is 31.5 Å². The number of rotatable bonds is 8. The van der Waals surface area contributed by atoms with Gasteiger partial charge in [0.25, 0.3) is 5.91 Å². The van der Waals surface area contributed by atoms with Crippen molar-refractivity contribution in [3.05, 3.63) is 58.9 Å². The number of pyridine rings is 1. The van der Waals surface area contributed by atoms with Crippen LogP contribution < -0.4 is 4.74 Å². The number of hydrogen-bond acceptors (Lipinski definition) is 4. The number of aromatic nitrogens is 1. The highest BCUT2D eigenvalue weighted by molar-refractivity contribution is 5.92. The van der Waals surface area contributed by atoms with E-state index in [0.717, 1.165) is 49.9 Å². The third kappa shape index (κ3) is 4.93. The second-order valence-electron chi connectivity index (χ2n) is 10.3. The van der Waals surface area contributed by atoms with Crippen LogP contribution in [0.25, 0.3) is 0 Å². The van der Waals surface area contributed by atoms with Crippen LogP contribution in [0.5, 0.6) is 5.75 Å². The van der Waals surface area contributed by atoms with Crippen molar-refractivity contribution in [2.45, 2.75) is 76.9 Å². The highest BCUT2D eigenvalue weighted by atomic mass is 16.5. The summed E-state index contributed by atoms with van der Waals surface area (Å²) < 4.78 is 5.67. The standard InChI is InChI=1S/C28H37N3O2/c1-3-4-13-33-26-11-12-27(29-17-26)28(32)30(2)25-15-22-8-5-21(14-23(22)16-25)19-31-18-20-6-9-24(31)10-7-20/h5,8,11-12,14,17,20,24-25H,3-4,6-7,9-10,13,15-16,18-19H2,1-2H3/t20?,24?,25-/m1/s1. The van der Waals surface area contributed by atoms with Crippen molar-refractivity contribution in [2.24, 2.45) is 5.92 Å². The second kappa shape index (κ2) is 9.84. The molecule has 2 aliphatic heterocycles. The van der Waals surface area contributed by atoms with Crippen molar-refractivity contribution in [1.82, 2.24) is 14.8 Å². The number of amides is 1. The average Bonchev–Trinajstić information content (AvgIpc) is 3.28. The van der Waals surface area contributed by atoms with Crippen LogP contribution in [0.1, 0.15) is 72.6 Å². The van der Waals surface area contributed by atoms with Crippen LogP contribution in [0.2, 0.25) is 0 Å². The van der Waals surface area contributed by atoms with E-state index in [1.807, 2.05) is 18.0 Å². The molecule has 3 fully saturated rings. The van der Waals surface area contributed by atoms with Crippen LogP contribution in [0.15, 0.2) is 36.5 Å². The van der Waals surface area contributed by atoms with E-state index in [1.165, 1.54) is 48.9 Å². The van der Waals surface area contributed by atoms with Gasteiger partial charge in [-0.25, -0.2) is 4.98 Å². The molecular weight excluding hydrogens is 410 g/mol. The molecule has 5 nitrogen and oxygen atoms in total. The van der Waals surface area contributed by atoms with E-state index in [4.69, 9.17) is 4.74 Å². The van der Waals surface area contributed by atoms with Gasteiger partial charge in [0.2, 0.25) is 0 Å².